The Bertz CT molecular complexity index is 676. The molecule has 2 rings (SSSR count). The molecule has 0 fully saturated rings. The molecule has 0 atom stereocenters. The van der Waals surface area contributed by atoms with Gasteiger partial charge in [-0.3, -0.25) is 10.0 Å². The SMILES string of the molecule is NC(=O)N(O)CCNC(=O)c1ccccc1Oc1ccccc1. The molecule has 120 valence electrons. The Hall–Kier alpha value is -3.06. The molecule has 0 heterocycles. The maximum Gasteiger partial charge on any atom is 0.338 e. The van der Waals surface area contributed by atoms with Crippen LogP contribution in [0.5, 0.6) is 11.5 Å². The number of benzene rings is 2. The van der Waals surface area contributed by atoms with E-state index in [1.54, 1.807) is 36.4 Å². The van der Waals surface area contributed by atoms with Crippen molar-refractivity contribution in [2.45, 2.75) is 0 Å². The topological polar surface area (TPSA) is 105 Å². The van der Waals surface area contributed by atoms with Gasteiger partial charge in [-0.25, -0.2) is 9.86 Å². The van der Waals surface area contributed by atoms with Crippen LogP contribution in [-0.2, 0) is 0 Å². The van der Waals surface area contributed by atoms with Crippen LogP contribution in [0.25, 0.3) is 0 Å². The van der Waals surface area contributed by atoms with E-state index in [0.29, 0.717) is 22.1 Å². The standard InChI is InChI=1S/C16H17N3O4/c17-16(21)19(22)11-10-18-15(20)13-8-4-5-9-14(13)23-12-6-2-1-3-7-12/h1-9,22H,10-11H2,(H2,17,21)(H,18,20). The molecule has 0 unspecified atom stereocenters. The van der Waals surface area contributed by atoms with Gasteiger partial charge < -0.3 is 15.8 Å². The van der Waals surface area contributed by atoms with Crippen molar-refractivity contribution in [2.75, 3.05) is 13.1 Å². The van der Waals surface area contributed by atoms with Gasteiger partial charge in [-0.05, 0) is 24.3 Å². The molecule has 0 radical (unpaired) electrons. The first-order valence-corrected chi connectivity index (χ1v) is 6.94. The van der Waals surface area contributed by atoms with Crippen LogP contribution in [0.3, 0.4) is 0 Å². The Morgan fingerprint density at radius 1 is 1.09 bits per heavy atom. The van der Waals surface area contributed by atoms with Crippen molar-refractivity contribution < 1.29 is 19.5 Å². The molecule has 0 aromatic heterocycles. The summed E-state index contributed by atoms with van der Waals surface area (Å²) < 4.78 is 5.70. The Morgan fingerprint density at radius 3 is 2.43 bits per heavy atom. The number of hydrogen-bond donors (Lipinski definition) is 3. The highest BCUT2D eigenvalue weighted by Gasteiger charge is 2.13. The van der Waals surface area contributed by atoms with Crippen LogP contribution in [-0.4, -0.2) is 35.3 Å². The smallest absolute Gasteiger partial charge is 0.338 e. The summed E-state index contributed by atoms with van der Waals surface area (Å²) in [5.74, 6) is 0.643. The van der Waals surface area contributed by atoms with E-state index in [9.17, 15) is 9.59 Å². The van der Waals surface area contributed by atoms with Gasteiger partial charge in [0.15, 0.2) is 0 Å². The van der Waals surface area contributed by atoms with E-state index in [1.807, 2.05) is 18.2 Å². The van der Waals surface area contributed by atoms with Gasteiger partial charge in [0.25, 0.3) is 5.91 Å². The predicted octanol–water partition coefficient (Wildman–Crippen LogP) is 1.98. The maximum absolute atomic E-state index is 12.2. The summed E-state index contributed by atoms with van der Waals surface area (Å²) >= 11 is 0. The largest absolute Gasteiger partial charge is 0.457 e. The van der Waals surface area contributed by atoms with Crippen LogP contribution in [0.1, 0.15) is 10.4 Å². The van der Waals surface area contributed by atoms with Crippen molar-refractivity contribution in [3.63, 3.8) is 0 Å². The van der Waals surface area contributed by atoms with E-state index in [-0.39, 0.29) is 19.0 Å². The minimum Gasteiger partial charge on any atom is -0.457 e. The second-order valence-electron chi connectivity index (χ2n) is 4.63. The third-order valence-corrected chi connectivity index (χ3v) is 2.97. The van der Waals surface area contributed by atoms with Crippen LogP contribution in [0.4, 0.5) is 4.79 Å². The molecule has 0 aliphatic carbocycles. The number of hydrogen-bond acceptors (Lipinski definition) is 4. The number of nitrogens with zero attached hydrogens (tertiary/aromatic N) is 1. The predicted molar refractivity (Wildman–Crippen MR) is 83.4 cm³/mol. The molecular formula is C16H17N3O4. The van der Waals surface area contributed by atoms with Crippen molar-refractivity contribution in [1.29, 1.82) is 0 Å². The Balaban J connectivity index is 2.02. The van der Waals surface area contributed by atoms with E-state index in [1.165, 1.54) is 0 Å². The van der Waals surface area contributed by atoms with E-state index in [4.69, 9.17) is 15.7 Å². The van der Waals surface area contributed by atoms with E-state index in [2.05, 4.69) is 5.32 Å². The number of para-hydroxylation sites is 2. The number of nitrogens with one attached hydrogen (secondary N) is 1. The minimum absolute atomic E-state index is 0.0535. The molecule has 23 heavy (non-hydrogen) atoms. The van der Waals surface area contributed by atoms with Crippen molar-refractivity contribution in [3.8, 4) is 11.5 Å². The summed E-state index contributed by atoms with van der Waals surface area (Å²) in [6.07, 6.45) is 0. The van der Waals surface area contributed by atoms with Crippen molar-refractivity contribution in [1.82, 2.24) is 10.4 Å². The lowest BCUT2D eigenvalue weighted by atomic mass is 10.2. The van der Waals surface area contributed by atoms with Gasteiger partial charge in [-0.1, -0.05) is 30.3 Å². The molecule has 7 nitrogen and oxygen atoms in total. The van der Waals surface area contributed by atoms with E-state index < -0.39 is 6.03 Å². The Morgan fingerprint density at radius 2 is 1.74 bits per heavy atom. The van der Waals surface area contributed by atoms with Gasteiger partial charge in [0.05, 0.1) is 12.1 Å². The molecule has 0 aliphatic rings. The number of nitrogens with two attached hydrogens (primary N) is 1. The minimum atomic E-state index is -0.980. The maximum atomic E-state index is 12.2. The lowest BCUT2D eigenvalue weighted by Crippen LogP contribution is -2.39. The number of hydroxylamine groups is 2. The number of carbonyl (C=O) groups is 2. The fourth-order valence-electron chi connectivity index (χ4n) is 1.84. The van der Waals surface area contributed by atoms with E-state index in [0.717, 1.165) is 0 Å². The highest BCUT2D eigenvalue weighted by molar-refractivity contribution is 5.97. The third kappa shape index (κ3) is 4.72. The summed E-state index contributed by atoms with van der Waals surface area (Å²) in [4.78, 5) is 22.9. The second-order valence-corrected chi connectivity index (χ2v) is 4.63. The molecule has 4 N–H and O–H groups in total. The summed E-state index contributed by atoms with van der Waals surface area (Å²) in [7, 11) is 0. The number of carbonyl (C=O) groups excluding carboxylic acids is 2. The summed E-state index contributed by atoms with van der Waals surface area (Å²) in [5.41, 5.74) is 5.23. The second kappa shape index (κ2) is 7.81. The fourth-order valence-corrected chi connectivity index (χ4v) is 1.84. The Kier molecular flexibility index (Phi) is 5.54. The molecule has 0 saturated heterocycles. The van der Waals surface area contributed by atoms with Crippen molar-refractivity contribution in [3.05, 3.63) is 60.2 Å². The number of amides is 3. The van der Waals surface area contributed by atoms with Crippen LogP contribution in [0.15, 0.2) is 54.6 Å². The third-order valence-electron chi connectivity index (χ3n) is 2.97. The van der Waals surface area contributed by atoms with Crippen LogP contribution in [0, 0.1) is 0 Å². The van der Waals surface area contributed by atoms with Crippen LogP contribution >= 0.6 is 0 Å². The fraction of sp³-hybridized carbons (Fsp3) is 0.125. The van der Waals surface area contributed by atoms with Gasteiger partial charge in [0, 0.05) is 6.54 Å². The highest BCUT2D eigenvalue weighted by Crippen LogP contribution is 2.24. The van der Waals surface area contributed by atoms with Crippen molar-refractivity contribution >= 4 is 11.9 Å². The number of ether oxygens (including phenoxy) is 1. The lowest BCUT2D eigenvalue weighted by molar-refractivity contribution is -0.0376. The highest BCUT2D eigenvalue weighted by atomic mass is 16.5. The first kappa shape index (κ1) is 16.3. The average Bonchev–Trinajstić information content (AvgIpc) is 2.56. The zero-order valence-corrected chi connectivity index (χ0v) is 12.3. The summed E-state index contributed by atoms with van der Waals surface area (Å²) in [6, 6.07) is 14.9. The number of primary amides is 1. The number of urea groups is 1. The van der Waals surface area contributed by atoms with Crippen LogP contribution < -0.4 is 15.8 Å². The summed E-state index contributed by atoms with van der Waals surface area (Å²) in [5, 5.41) is 12.1. The first-order valence-electron chi connectivity index (χ1n) is 6.94. The molecule has 3 amide bonds. The van der Waals surface area contributed by atoms with Gasteiger partial charge >= 0.3 is 6.03 Å². The molecule has 0 spiro atoms. The zero-order chi connectivity index (χ0) is 16.7. The molecule has 0 aliphatic heterocycles. The van der Waals surface area contributed by atoms with Crippen molar-refractivity contribution in [2.24, 2.45) is 5.73 Å². The monoisotopic (exact) mass is 315 g/mol. The van der Waals surface area contributed by atoms with Gasteiger partial charge in [0.2, 0.25) is 0 Å². The quantitative estimate of drug-likeness (QED) is 0.560. The Labute approximate surface area is 133 Å². The zero-order valence-electron chi connectivity index (χ0n) is 12.3. The van der Waals surface area contributed by atoms with Gasteiger partial charge in [-0.2, -0.15) is 0 Å². The molecule has 2 aromatic carbocycles. The van der Waals surface area contributed by atoms with Crippen LogP contribution in [0.2, 0.25) is 0 Å². The summed E-state index contributed by atoms with van der Waals surface area (Å²) in [6.45, 7) is -0.0548. The van der Waals surface area contributed by atoms with E-state index >= 15 is 0 Å². The lowest BCUT2D eigenvalue weighted by Gasteiger charge is -2.14. The average molecular weight is 315 g/mol. The molecule has 0 bridgehead atoms. The van der Waals surface area contributed by atoms with Gasteiger partial charge in [-0.15, -0.1) is 0 Å². The molecule has 0 saturated carbocycles. The normalized spacial score (nSPS) is 9.96. The van der Waals surface area contributed by atoms with Gasteiger partial charge in [0.1, 0.15) is 11.5 Å². The molecule has 7 heteroatoms. The number of rotatable bonds is 6. The first-order chi connectivity index (χ1) is 11.1. The molecular weight excluding hydrogens is 298 g/mol. The molecule has 2 aromatic rings.